The van der Waals surface area contributed by atoms with Crippen molar-refractivity contribution in [2.24, 2.45) is 5.14 Å². The summed E-state index contributed by atoms with van der Waals surface area (Å²) in [5.74, 6) is -0.782. The molecule has 21 heavy (non-hydrogen) atoms. The van der Waals surface area contributed by atoms with Crippen LogP contribution in [0.2, 0.25) is 0 Å². The van der Waals surface area contributed by atoms with Crippen molar-refractivity contribution in [2.45, 2.75) is 44.1 Å². The molecule has 4 N–H and O–H groups in total. The van der Waals surface area contributed by atoms with Crippen LogP contribution < -0.4 is 10.5 Å². The van der Waals surface area contributed by atoms with Gasteiger partial charge in [0.05, 0.1) is 11.3 Å². The highest BCUT2D eigenvalue weighted by Gasteiger charge is 2.29. The number of H-pyrrole nitrogens is 1. The molecule has 1 heterocycles. The Morgan fingerprint density at radius 2 is 2.05 bits per heavy atom. The Morgan fingerprint density at radius 1 is 1.48 bits per heavy atom. The minimum absolute atomic E-state index is 0.164. The molecule has 0 aliphatic rings. The number of hydrogen-bond acceptors (Lipinski definition) is 5. The van der Waals surface area contributed by atoms with Crippen molar-refractivity contribution in [1.82, 2.24) is 15.5 Å². The Labute approximate surface area is 124 Å². The van der Waals surface area contributed by atoms with Crippen LogP contribution in [0.1, 0.15) is 49.8 Å². The van der Waals surface area contributed by atoms with E-state index in [1.807, 2.05) is 0 Å². The zero-order valence-corrected chi connectivity index (χ0v) is 13.7. The standard InChI is InChI=1S/C12H22N4O4S/c1-7(2)8-10(21(13,18)19)9(16-15-8)11(17)14-6-12(3,4)20-5/h7H,6H2,1-5H3,(H,14,17)(H,15,16)(H2,13,18,19). The molecular formula is C12H22N4O4S. The number of nitrogens with zero attached hydrogens (tertiary/aromatic N) is 1. The first kappa shape index (κ1) is 17.6. The topological polar surface area (TPSA) is 127 Å². The number of carbonyl (C=O) groups is 1. The number of methoxy groups -OCH3 is 1. The van der Waals surface area contributed by atoms with Crippen molar-refractivity contribution in [1.29, 1.82) is 0 Å². The second kappa shape index (κ2) is 6.12. The van der Waals surface area contributed by atoms with Crippen molar-refractivity contribution < 1.29 is 17.9 Å². The van der Waals surface area contributed by atoms with Crippen LogP contribution in [0.15, 0.2) is 4.90 Å². The summed E-state index contributed by atoms with van der Waals surface area (Å²) < 4.78 is 28.6. The fraction of sp³-hybridized carbons (Fsp3) is 0.667. The Hall–Kier alpha value is -1.45. The van der Waals surface area contributed by atoms with E-state index in [1.165, 1.54) is 7.11 Å². The molecule has 8 nitrogen and oxygen atoms in total. The van der Waals surface area contributed by atoms with Gasteiger partial charge in [0, 0.05) is 13.7 Å². The molecule has 1 amide bonds. The molecule has 0 bridgehead atoms. The average Bonchev–Trinajstić information content (AvgIpc) is 2.81. The van der Waals surface area contributed by atoms with Crippen molar-refractivity contribution in [3.63, 3.8) is 0 Å². The fourth-order valence-corrected chi connectivity index (χ4v) is 2.62. The van der Waals surface area contributed by atoms with E-state index in [2.05, 4.69) is 15.5 Å². The third kappa shape index (κ3) is 4.26. The molecular weight excluding hydrogens is 296 g/mol. The molecule has 1 rings (SSSR count). The highest BCUT2D eigenvalue weighted by atomic mass is 32.2. The number of aromatic nitrogens is 2. The average molecular weight is 318 g/mol. The molecule has 0 aromatic carbocycles. The first-order chi connectivity index (χ1) is 9.49. The van der Waals surface area contributed by atoms with E-state index in [0.717, 1.165) is 0 Å². The minimum Gasteiger partial charge on any atom is -0.377 e. The maximum atomic E-state index is 12.1. The first-order valence-electron chi connectivity index (χ1n) is 6.44. The van der Waals surface area contributed by atoms with Gasteiger partial charge in [0.15, 0.2) is 5.69 Å². The van der Waals surface area contributed by atoms with Crippen molar-refractivity contribution in [3.05, 3.63) is 11.4 Å². The molecule has 1 aromatic rings. The third-order valence-corrected chi connectivity index (χ3v) is 4.03. The number of primary sulfonamides is 1. The molecule has 0 aliphatic heterocycles. The lowest BCUT2D eigenvalue weighted by Gasteiger charge is -2.22. The highest BCUT2D eigenvalue weighted by molar-refractivity contribution is 7.89. The molecule has 9 heteroatoms. The fourth-order valence-electron chi connectivity index (χ4n) is 1.63. The number of aromatic amines is 1. The van der Waals surface area contributed by atoms with Crippen LogP contribution in [-0.2, 0) is 14.8 Å². The maximum absolute atomic E-state index is 12.1. The summed E-state index contributed by atoms with van der Waals surface area (Å²) in [5.41, 5.74) is -0.490. The summed E-state index contributed by atoms with van der Waals surface area (Å²) in [6.07, 6.45) is 0. The number of ether oxygens (including phenoxy) is 1. The Kier molecular flexibility index (Phi) is 5.13. The zero-order chi connectivity index (χ0) is 16.4. The largest absolute Gasteiger partial charge is 0.377 e. The Balaban J connectivity index is 3.12. The molecule has 120 valence electrons. The van der Waals surface area contributed by atoms with Gasteiger partial charge in [0.2, 0.25) is 10.0 Å². The third-order valence-electron chi connectivity index (χ3n) is 3.05. The van der Waals surface area contributed by atoms with Crippen LogP contribution in [0.4, 0.5) is 0 Å². The maximum Gasteiger partial charge on any atom is 0.273 e. The number of rotatable bonds is 6. The summed E-state index contributed by atoms with van der Waals surface area (Å²) in [7, 11) is -2.53. The van der Waals surface area contributed by atoms with Gasteiger partial charge in [-0.3, -0.25) is 9.89 Å². The quantitative estimate of drug-likeness (QED) is 0.696. The van der Waals surface area contributed by atoms with Gasteiger partial charge >= 0.3 is 0 Å². The van der Waals surface area contributed by atoms with Gasteiger partial charge < -0.3 is 10.1 Å². The van der Waals surface area contributed by atoms with Crippen LogP contribution >= 0.6 is 0 Å². The molecule has 0 atom stereocenters. The van der Waals surface area contributed by atoms with Gasteiger partial charge in [-0.15, -0.1) is 0 Å². The van der Waals surface area contributed by atoms with E-state index in [-0.39, 0.29) is 23.1 Å². The smallest absolute Gasteiger partial charge is 0.273 e. The highest BCUT2D eigenvalue weighted by Crippen LogP contribution is 2.23. The van der Waals surface area contributed by atoms with Crippen molar-refractivity contribution in [3.8, 4) is 0 Å². The lowest BCUT2D eigenvalue weighted by molar-refractivity contribution is 0.0228. The van der Waals surface area contributed by atoms with E-state index in [1.54, 1.807) is 27.7 Å². The summed E-state index contributed by atoms with van der Waals surface area (Å²) in [4.78, 5) is 11.9. The summed E-state index contributed by atoms with van der Waals surface area (Å²) >= 11 is 0. The molecule has 0 unspecified atom stereocenters. The van der Waals surface area contributed by atoms with Gasteiger partial charge in [-0.05, 0) is 19.8 Å². The van der Waals surface area contributed by atoms with Crippen LogP contribution in [0, 0.1) is 0 Å². The molecule has 0 spiro atoms. The SMILES string of the molecule is COC(C)(C)CNC(=O)c1n[nH]c(C(C)C)c1S(N)(=O)=O. The summed E-state index contributed by atoms with van der Waals surface area (Å²) in [6.45, 7) is 7.34. The van der Waals surface area contributed by atoms with E-state index in [9.17, 15) is 13.2 Å². The molecule has 0 aliphatic carbocycles. The molecule has 0 saturated carbocycles. The van der Waals surface area contributed by atoms with E-state index >= 15 is 0 Å². The lowest BCUT2D eigenvalue weighted by Crippen LogP contribution is -2.40. The van der Waals surface area contributed by atoms with E-state index in [4.69, 9.17) is 9.88 Å². The second-order valence-corrected chi connectivity index (χ2v) is 7.16. The predicted molar refractivity (Wildman–Crippen MR) is 77.5 cm³/mol. The van der Waals surface area contributed by atoms with E-state index in [0.29, 0.717) is 5.69 Å². The van der Waals surface area contributed by atoms with Gasteiger partial charge in [0.25, 0.3) is 5.91 Å². The Bertz CT molecular complexity index is 619. The number of carbonyl (C=O) groups excluding carboxylic acids is 1. The molecule has 0 saturated heterocycles. The second-order valence-electron chi connectivity index (χ2n) is 5.66. The van der Waals surface area contributed by atoms with Crippen LogP contribution in [0.5, 0.6) is 0 Å². The zero-order valence-electron chi connectivity index (χ0n) is 12.9. The minimum atomic E-state index is -4.06. The van der Waals surface area contributed by atoms with E-state index < -0.39 is 21.5 Å². The number of amides is 1. The molecule has 1 aromatic heterocycles. The van der Waals surface area contributed by atoms with Gasteiger partial charge in [-0.1, -0.05) is 13.8 Å². The monoisotopic (exact) mass is 318 g/mol. The first-order valence-corrected chi connectivity index (χ1v) is 7.98. The number of sulfonamides is 1. The van der Waals surface area contributed by atoms with Gasteiger partial charge in [-0.2, -0.15) is 5.10 Å². The normalized spacial score (nSPS) is 12.7. The summed E-state index contributed by atoms with van der Waals surface area (Å²) in [6, 6.07) is 0. The predicted octanol–water partition coefficient (Wildman–Crippen LogP) is 0.335. The van der Waals surface area contributed by atoms with Crippen molar-refractivity contribution >= 4 is 15.9 Å². The lowest BCUT2D eigenvalue weighted by atomic mass is 10.1. The number of nitrogens with one attached hydrogen (secondary N) is 2. The number of nitrogens with two attached hydrogens (primary N) is 1. The molecule has 0 radical (unpaired) electrons. The summed E-state index contributed by atoms with van der Waals surface area (Å²) in [5, 5.41) is 14.1. The van der Waals surface area contributed by atoms with Crippen LogP contribution in [0.3, 0.4) is 0 Å². The van der Waals surface area contributed by atoms with Crippen molar-refractivity contribution in [2.75, 3.05) is 13.7 Å². The van der Waals surface area contributed by atoms with Crippen LogP contribution in [-0.4, -0.2) is 43.8 Å². The van der Waals surface area contributed by atoms with Gasteiger partial charge in [0.1, 0.15) is 4.90 Å². The van der Waals surface area contributed by atoms with Gasteiger partial charge in [-0.25, -0.2) is 13.6 Å². The Morgan fingerprint density at radius 3 is 2.48 bits per heavy atom. The number of hydrogen-bond donors (Lipinski definition) is 3. The van der Waals surface area contributed by atoms with Crippen LogP contribution in [0.25, 0.3) is 0 Å². The molecule has 0 fully saturated rings.